The molecular weight excluding hydrogens is 719 g/mol. The van der Waals surface area contributed by atoms with Gasteiger partial charge in [-0.3, -0.25) is 0 Å². The third kappa shape index (κ3) is 5.80. The Morgan fingerprint density at radius 2 is 0.983 bits per heavy atom. The molecule has 3 nitrogen and oxygen atoms in total. The highest BCUT2D eigenvalue weighted by Gasteiger charge is 2.41. The van der Waals surface area contributed by atoms with Gasteiger partial charge in [0.05, 0.1) is 28.4 Å². The van der Waals surface area contributed by atoms with Crippen LogP contribution in [0, 0.1) is 18.3 Å². The van der Waals surface area contributed by atoms with Gasteiger partial charge in [-0.15, -0.1) is 0 Å². The number of anilines is 3. The molecule has 4 heteroatoms. The highest BCUT2D eigenvalue weighted by molar-refractivity contribution is 7.20. The fourth-order valence-electron chi connectivity index (χ4n) is 8.94. The number of nitrogens with zero attached hydrogens (tertiary/aromatic N) is 3. The van der Waals surface area contributed by atoms with Gasteiger partial charge in [0.25, 0.3) is 0 Å². The van der Waals surface area contributed by atoms with E-state index in [2.05, 4.69) is 229 Å². The molecule has 0 N–H and O–H groups in total. The molecule has 0 atom stereocenters. The first-order valence-electron chi connectivity index (χ1n) is 19.7. The Bertz CT molecular complexity index is 3010. The Morgan fingerprint density at radius 1 is 0.448 bits per heavy atom. The molecule has 0 unspecified atom stereocenters. The Morgan fingerprint density at radius 3 is 1.60 bits per heavy atom. The number of fused-ring (bicyclic) bond motifs is 4. The summed E-state index contributed by atoms with van der Waals surface area (Å²) in [4.78, 5) is 2.33. The van der Waals surface area contributed by atoms with Crippen molar-refractivity contribution in [3.8, 4) is 11.8 Å². The second-order valence-corrected chi connectivity index (χ2v) is 18.8. The van der Waals surface area contributed by atoms with Crippen LogP contribution in [-0.2, 0) is 0 Å². The van der Waals surface area contributed by atoms with Crippen LogP contribution in [-0.4, -0.2) is 12.6 Å². The third-order valence-corrected chi connectivity index (χ3v) is 16.4. The first-order valence-corrected chi connectivity index (χ1v) is 21.7. The van der Waals surface area contributed by atoms with Gasteiger partial charge in [0.2, 0.25) is 0 Å². The van der Waals surface area contributed by atoms with Crippen LogP contribution in [0.3, 0.4) is 0 Å². The van der Waals surface area contributed by atoms with Crippen LogP contribution in [0.4, 0.5) is 17.1 Å². The molecule has 1 aromatic heterocycles. The van der Waals surface area contributed by atoms with E-state index in [1.807, 2.05) is 12.1 Å². The Hall–Kier alpha value is -7.45. The highest BCUT2D eigenvalue weighted by Crippen LogP contribution is 2.42. The van der Waals surface area contributed by atoms with E-state index in [1.54, 1.807) is 0 Å². The van der Waals surface area contributed by atoms with Gasteiger partial charge < -0.3 is 9.47 Å². The summed E-state index contributed by atoms with van der Waals surface area (Å²) in [6.07, 6.45) is 0. The van der Waals surface area contributed by atoms with E-state index in [1.165, 1.54) is 42.5 Å². The van der Waals surface area contributed by atoms with Crippen molar-refractivity contribution in [2.75, 3.05) is 4.90 Å². The molecule has 0 fully saturated rings. The molecule has 10 aromatic rings. The molecule has 0 amide bonds. The van der Waals surface area contributed by atoms with E-state index in [0.29, 0.717) is 5.56 Å². The molecule has 58 heavy (non-hydrogen) atoms. The van der Waals surface area contributed by atoms with Crippen molar-refractivity contribution in [2.45, 2.75) is 6.92 Å². The maximum Gasteiger partial charge on any atom is 0.179 e. The summed E-state index contributed by atoms with van der Waals surface area (Å²) < 4.78 is 2.42. The van der Waals surface area contributed by atoms with Gasteiger partial charge >= 0.3 is 0 Å². The molecular formula is C54H39N3Si. The summed E-state index contributed by atoms with van der Waals surface area (Å²) in [7, 11) is -2.81. The molecule has 9 aromatic carbocycles. The van der Waals surface area contributed by atoms with Crippen molar-refractivity contribution in [3.63, 3.8) is 0 Å². The van der Waals surface area contributed by atoms with Crippen molar-refractivity contribution in [1.29, 1.82) is 5.26 Å². The summed E-state index contributed by atoms with van der Waals surface area (Å²) in [6.45, 7) is 2.14. The molecule has 0 aliphatic heterocycles. The van der Waals surface area contributed by atoms with Gasteiger partial charge in [-0.2, -0.15) is 5.26 Å². The number of aryl methyl sites for hydroxylation is 1. The first kappa shape index (κ1) is 35.0. The lowest BCUT2D eigenvalue weighted by Gasteiger charge is -2.34. The molecule has 10 rings (SSSR count). The van der Waals surface area contributed by atoms with Gasteiger partial charge in [-0.1, -0.05) is 157 Å². The normalized spacial score (nSPS) is 11.5. The topological polar surface area (TPSA) is 32.0 Å². The zero-order chi connectivity index (χ0) is 39.1. The van der Waals surface area contributed by atoms with Crippen LogP contribution >= 0.6 is 0 Å². The molecule has 0 aliphatic carbocycles. The molecule has 0 aliphatic rings. The molecule has 0 bridgehead atoms. The minimum absolute atomic E-state index is 0.633. The average Bonchev–Trinajstić information content (AvgIpc) is 3.61. The zero-order valence-corrected chi connectivity index (χ0v) is 33.1. The fourth-order valence-corrected chi connectivity index (χ4v) is 13.7. The summed E-state index contributed by atoms with van der Waals surface area (Å²) in [6, 6.07) is 81.6. The van der Waals surface area contributed by atoms with Crippen molar-refractivity contribution in [3.05, 3.63) is 230 Å². The number of aromatic nitrogens is 1. The fraction of sp³-hybridized carbons (Fsp3) is 0.0185. The van der Waals surface area contributed by atoms with Gasteiger partial charge in [0.15, 0.2) is 8.07 Å². The average molecular weight is 758 g/mol. The van der Waals surface area contributed by atoms with Crippen LogP contribution in [0.25, 0.3) is 38.3 Å². The Kier molecular flexibility index (Phi) is 8.79. The van der Waals surface area contributed by atoms with E-state index < -0.39 is 8.07 Å². The lowest BCUT2D eigenvalue weighted by Crippen LogP contribution is -2.74. The number of nitriles is 1. The van der Waals surface area contributed by atoms with Crippen molar-refractivity contribution >= 4 is 78.5 Å². The van der Waals surface area contributed by atoms with Crippen molar-refractivity contribution in [2.24, 2.45) is 0 Å². The SMILES string of the molecule is Cc1ccc(-n2c3ccc(N(c4ccc(C#N)cc4)c4cccc5ccccc45)cc3c3cc([Si](c4ccccc4)(c4ccccc4)c4ccccc4)ccc32)cc1. The lowest BCUT2D eigenvalue weighted by atomic mass is 10.1. The van der Waals surface area contributed by atoms with Crippen molar-refractivity contribution in [1.82, 2.24) is 4.57 Å². The molecule has 0 saturated heterocycles. The van der Waals surface area contributed by atoms with Crippen LogP contribution in [0.15, 0.2) is 218 Å². The number of hydrogen-bond acceptors (Lipinski definition) is 2. The van der Waals surface area contributed by atoms with Gasteiger partial charge in [0, 0.05) is 33.2 Å². The van der Waals surface area contributed by atoms with Crippen LogP contribution < -0.4 is 25.6 Å². The molecule has 274 valence electrons. The minimum atomic E-state index is -2.81. The number of rotatable bonds is 8. The predicted octanol–water partition coefficient (Wildman–Crippen LogP) is 11.0. The van der Waals surface area contributed by atoms with E-state index in [-0.39, 0.29) is 0 Å². The monoisotopic (exact) mass is 757 g/mol. The number of benzene rings is 9. The van der Waals surface area contributed by atoms with Gasteiger partial charge in [-0.05, 0) is 99.8 Å². The number of hydrogen-bond donors (Lipinski definition) is 0. The zero-order valence-electron chi connectivity index (χ0n) is 32.1. The van der Waals surface area contributed by atoms with E-state index in [4.69, 9.17) is 0 Å². The summed E-state index contributed by atoms with van der Waals surface area (Å²) in [5.41, 5.74) is 8.40. The van der Waals surface area contributed by atoms with Crippen LogP contribution in [0.2, 0.25) is 0 Å². The van der Waals surface area contributed by atoms with Gasteiger partial charge in [0.1, 0.15) is 0 Å². The predicted molar refractivity (Wildman–Crippen MR) is 246 cm³/mol. The first-order chi connectivity index (χ1) is 28.6. The molecule has 0 spiro atoms. The maximum absolute atomic E-state index is 9.71. The second-order valence-electron chi connectivity index (χ2n) is 14.9. The third-order valence-electron chi connectivity index (χ3n) is 11.6. The minimum Gasteiger partial charge on any atom is -0.310 e. The van der Waals surface area contributed by atoms with Gasteiger partial charge in [-0.25, -0.2) is 0 Å². The summed E-state index contributed by atoms with van der Waals surface area (Å²) >= 11 is 0. The van der Waals surface area contributed by atoms with E-state index in [9.17, 15) is 5.26 Å². The summed E-state index contributed by atoms with van der Waals surface area (Å²) in [5, 5.41) is 19.8. The highest BCUT2D eigenvalue weighted by atomic mass is 28.3. The molecule has 0 radical (unpaired) electrons. The van der Waals surface area contributed by atoms with Crippen LogP contribution in [0.1, 0.15) is 11.1 Å². The Labute approximate surface area is 340 Å². The smallest absolute Gasteiger partial charge is 0.179 e. The van der Waals surface area contributed by atoms with Crippen LogP contribution in [0.5, 0.6) is 0 Å². The lowest BCUT2D eigenvalue weighted by molar-refractivity contribution is 1.17. The summed E-state index contributed by atoms with van der Waals surface area (Å²) in [5.74, 6) is 0. The molecule has 0 saturated carbocycles. The second kappa shape index (κ2) is 14.6. The van der Waals surface area contributed by atoms with E-state index in [0.717, 1.165) is 39.2 Å². The standard InChI is InChI=1S/C54H39N3Si/c1-39-24-28-43(29-25-39)57-53-34-32-44(56(42-30-26-40(38-55)27-31-42)52-23-13-15-41-14-11-12-22-49(41)52)36-50(53)51-37-48(33-35-54(51)57)58(45-16-5-2-6-17-45,46-18-7-3-8-19-46)47-20-9-4-10-21-47/h2-37H,1H3. The largest absolute Gasteiger partial charge is 0.310 e. The Balaban J connectivity index is 1.29. The molecule has 1 heterocycles. The maximum atomic E-state index is 9.71. The van der Waals surface area contributed by atoms with Crippen molar-refractivity contribution < 1.29 is 0 Å². The van der Waals surface area contributed by atoms with E-state index >= 15 is 0 Å². The quantitative estimate of drug-likeness (QED) is 0.114.